The minimum absolute atomic E-state index is 0.0966. The fourth-order valence-electron chi connectivity index (χ4n) is 1.58. The van der Waals surface area contributed by atoms with Crippen molar-refractivity contribution in [3.63, 3.8) is 0 Å². The molecule has 0 saturated heterocycles. The lowest BCUT2D eigenvalue weighted by Crippen LogP contribution is -2.30. The molecule has 2 N–H and O–H groups in total. The molecule has 0 radical (unpaired) electrons. The highest BCUT2D eigenvalue weighted by Gasteiger charge is 2.06. The van der Waals surface area contributed by atoms with Crippen LogP contribution in [0.15, 0.2) is 35.7 Å². The first-order valence-corrected chi connectivity index (χ1v) is 8.57. The van der Waals surface area contributed by atoms with Crippen LogP contribution >= 0.6 is 0 Å². The summed E-state index contributed by atoms with van der Waals surface area (Å²) in [5, 5.41) is 3.84. The Kier molecular flexibility index (Phi) is 7.71. The molecule has 0 fully saturated rings. The lowest BCUT2D eigenvalue weighted by molar-refractivity contribution is -0.120. The first-order valence-electron chi connectivity index (χ1n) is 7.03. The molecule has 0 aliphatic heterocycles. The average Bonchev–Trinajstić information content (AvgIpc) is 2.46. The number of benzene rings is 1. The number of hydrogen-bond acceptors (Lipinski definition) is 3. The van der Waals surface area contributed by atoms with E-state index in [9.17, 15) is 13.2 Å². The molecule has 0 saturated carbocycles. The molecule has 0 bridgehead atoms. The molecular formula is C15H22N2O3S. The van der Waals surface area contributed by atoms with Gasteiger partial charge in [0.05, 0.1) is 0 Å². The van der Waals surface area contributed by atoms with Gasteiger partial charge in [0.2, 0.25) is 15.9 Å². The molecule has 0 heterocycles. The second kappa shape index (κ2) is 9.31. The molecule has 116 valence electrons. The largest absolute Gasteiger partial charge is 0.356 e. The van der Waals surface area contributed by atoms with E-state index in [4.69, 9.17) is 0 Å². The summed E-state index contributed by atoms with van der Waals surface area (Å²) in [4.78, 5) is 11.4. The SMILES string of the molecule is CCCCNC(=O)CCNS(=O)(=O)/C=C/c1ccccc1. The number of amides is 1. The molecule has 0 spiro atoms. The van der Waals surface area contributed by atoms with Crippen molar-refractivity contribution in [1.29, 1.82) is 0 Å². The van der Waals surface area contributed by atoms with E-state index in [1.165, 1.54) is 6.08 Å². The lowest BCUT2D eigenvalue weighted by atomic mass is 10.2. The third-order valence-electron chi connectivity index (χ3n) is 2.75. The Hall–Kier alpha value is -1.66. The van der Waals surface area contributed by atoms with Crippen molar-refractivity contribution in [2.45, 2.75) is 26.2 Å². The molecule has 21 heavy (non-hydrogen) atoms. The minimum Gasteiger partial charge on any atom is -0.356 e. The van der Waals surface area contributed by atoms with Crippen LogP contribution < -0.4 is 10.0 Å². The Morgan fingerprint density at radius 3 is 2.57 bits per heavy atom. The third-order valence-corrected chi connectivity index (χ3v) is 3.85. The number of nitrogens with one attached hydrogen (secondary N) is 2. The van der Waals surface area contributed by atoms with E-state index in [1.54, 1.807) is 0 Å². The first-order chi connectivity index (χ1) is 10.0. The van der Waals surface area contributed by atoms with Crippen molar-refractivity contribution < 1.29 is 13.2 Å². The third kappa shape index (κ3) is 8.27. The summed E-state index contributed by atoms with van der Waals surface area (Å²) in [5.74, 6) is -0.141. The summed E-state index contributed by atoms with van der Waals surface area (Å²) >= 11 is 0. The van der Waals surface area contributed by atoms with E-state index in [1.807, 2.05) is 37.3 Å². The van der Waals surface area contributed by atoms with Gasteiger partial charge in [0.15, 0.2) is 0 Å². The molecule has 5 nitrogen and oxygen atoms in total. The van der Waals surface area contributed by atoms with E-state index >= 15 is 0 Å². The summed E-state index contributed by atoms with van der Waals surface area (Å²) in [6.45, 7) is 2.77. The number of rotatable bonds is 9. The monoisotopic (exact) mass is 310 g/mol. The normalized spacial score (nSPS) is 11.7. The van der Waals surface area contributed by atoms with Gasteiger partial charge in [0.1, 0.15) is 0 Å². The molecule has 0 aromatic heterocycles. The van der Waals surface area contributed by atoms with Gasteiger partial charge in [-0.15, -0.1) is 0 Å². The average molecular weight is 310 g/mol. The quantitative estimate of drug-likeness (QED) is 0.684. The Balaban J connectivity index is 2.33. The second-order valence-electron chi connectivity index (χ2n) is 4.61. The molecule has 0 unspecified atom stereocenters. The van der Waals surface area contributed by atoms with Gasteiger partial charge in [0.25, 0.3) is 0 Å². The number of carbonyl (C=O) groups is 1. The van der Waals surface area contributed by atoms with Crippen LogP contribution in [0.2, 0.25) is 0 Å². The van der Waals surface area contributed by atoms with Gasteiger partial charge < -0.3 is 5.32 Å². The summed E-state index contributed by atoms with van der Waals surface area (Å²) < 4.78 is 25.8. The van der Waals surface area contributed by atoms with Gasteiger partial charge in [-0.2, -0.15) is 0 Å². The van der Waals surface area contributed by atoms with Crippen LogP contribution in [0.4, 0.5) is 0 Å². The zero-order chi connectivity index (χ0) is 15.6. The number of sulfonamides is 1. The van der Waals surface area contributed by atoms with Gasteiger partial charge >= 0.3 is 0 Å². The molecule has 1 amide bonds. The molecule has 1 aromatic rings. The summed E-state index contributed by atoms with van der Waals surface area (Å²) in [7, 11) is -3.51. The van der Waals surface area contributed by atoms with Crippen LogP contribution in [-0.4, -0.2) is 27.4 Å². The van der Waals surface area contributed by atoms with Gasteiger partial charge in [-0.1, -0.05) is 43.7 Å². The van der Waals surface area contributed by atoms with Crippen LogP contribution in [0, 0.1) is 0 Å². The fraction of sp³-hybridized carbons (Fsp3) is 0.400. The van der Waals surface area contributed by atoms with Crippen molar-refractivity contribution in [3.05, 3.63) is 41.3 Å². The van der Waals surface area contributed by atoms with Gasteiger partial charge in [-0.3, -0.25) is 4.79 Å². The van der Waals surface area contributed by atoms with Crippen LogP contribution in [0.1, 0.15) is 31.7 Å². The number of carbonyl (C=O) groups excluding carboxylic acids is 1. The second-order valence-corrected chi connectivity index (χ2v) is 6.26. The van der Waals surface area contributed by atoms with Gasteiger partial charge in [-0.05, 0) is 18.1 Å². The lowest BCUT2D eigenvalue weighted by Gasteiger charge is -2.05. The summed E-state index contributed by atoms with van der Waals surface area (Å²) in [6, 6.07) is 9.16. The van der Waals surface area contributed by atoms with Gasteiger partial charge in [0, 0.05) is 24.9 Å². The molecular weight excluding hydrogens is 288 g/mol. The Morgan fingerprint density at radius 1 is 1.19 bits per heavy atom. The molecule has 0 aliphatic carbocycles. The van der Waals surface area contributed by atoms with E-state index in [-0.39, 0.29) is 18.9 Å². The Morgan fingerprint density at radius 2 is 1.90 bits per heavy atom. The van der Waals surface area contributed by atoms with Crippen LogP contribution in [0.3, 0.4) is 0 Å². The maximum Gasteiger partial charge on any atom is 0.233 e. The van der Waals surface area contributed by atoms with Crippen molar-refractivity contribution in [2.24, 2.45) is 0 Å². The van der Waals surface area contributed by atoms with E-state index < -0.39 is 10.0 Å². The molecule has 0 aliphatic rings. The van der Waals surface area contributed by atoms with Gasteiger partial charge in [-0.25, -0.2) is 13.1 Å². The summed E-state index contributed by atoms with van der Waals surface area (Å²) in [5.41, 5.74) is 0.806. The van der Waals surface area contributed by atoms with Crippen molar-refractivity contribution in [1.82, 2.24) is 10.0 Å². The highest BCUT2D eigenvalue weighted by Crippen LogP contribution is 2.02. The predicted molar refractivity (Wildman–Crippen MR) is 84.9 cm³/mol. The standard InChI is InChI=1S/C15H22N2O3S/c1-2-3-11-16-15(18)9-12-17-21(19,20)13-10-14-7-5-4-6-8-14/h4-8,10,13,17H,2-3,9,11-12H2,1H3,(H,16,18)/b13-10+. The zero-order valence-corrected chi connectivity index (χ0v) is 13.0. The minimum atomic E-state index is -3.51. The maximum absolute atomic E-state index is 11.7. The first kappa shape index (κ1) is 17.4. The zero-order valence-electron chi connectivity index (χ0n) is 12.2. The highest BCUT2D eigenvalue weighted by atomic mass is 32.2. The number of hydrogen-bond donors (Lipinski definition) is 2. The van der Waals surface area contributed by atoms with Crippen LogP contribution in [-0.2, 0) is 14.8 Å². The summed E-state index contributed by atoms with van der Waals surface area (Å²) in [6.07, 6.45) is 3.60. The topological polar surface area (TPSA) is 75.3 Å². The Bertz CT molecular complexity index is 554. The highest BCUT2D eigenvalue weighted by molar-refractivity contribution is 7.92. The number of unbranched alkanes of at least 4 members (excludes halogenated alkanes) is 1. The molecule has 6 heteroatoms. The molecule has 1 aromatic carbocycles. The van der Waals surface area contributed by atoms with E-state index in [0.717, 1.165) is 23.8 Å². The van der Waals surface area contributed by atoms with Crippen LogP contribution in [0.5, 0.6) is 0 Å². The fourth-order valence-corrected chi connectivity index (χ4v) is 2.40. The van der Waals surface area contributed by atoms with E-state index in [2.05, 4.69) is 10.0 Å². The van der Waals surface area contributed by atoms with E-state index in [0.29, 0.717) is 6.54 Å². The molecule has 1 rings (SSSR count). The molecule has 0 atom stereocenters. The van der Waals surface area contributed by atoms with Crippen molar-refractivity contribution in [3.8, 4) is 0 Å². The predicted octanol–water partition coefficient (Wildman–Crippen LogP) is 1.88. The smallest absolute Gasteiger partial charge is 0.233 e. The van der Waals surface area contributed by atoms with Crippen molar-refractivity contribution in [2.75, 3.05) is 13.1 Å². The maximum atomic E-state index is 11.7. The Labute approximate surface area is 126 Å². The van der Waals surface area contributed by atoms with Crippen molar-refractivity contribution >= 4 is 22.0 Å². The van der Waals surface area contributed by atoms with Crippen LogP contribution in [0.25, 0.3) is 6.08 Å².